The molecule has 1 N–H and O–H groups in total. The average molecular weight is 277 g/mol. The van der Waals surface area contributed by atoms with Gasteiger partial charge in [-0.3, -0.25) is 9.97 Å². The van der Waals surface area contributed by atoms with E-state index < -0.39 is 0 Å². The van der Waals surface area contributed by atoms with Gasteiger partial charge in [0.25, 0.3) is 0 Å². The minimum Gasteiger partial charge on any atom is -0.306 e. The fourth-order valence-electron chi connectivity index (χ4n) is 2.73. The number of pyridine rings is 2. The Kier molecular flexibility index (Phi) is 3.93. The number of fused-ring (bicyclic) bond motifs is 1. The summed E-state index contributed by atoms with van der Waals surface area (Å²) in [4.78, 5) is 8.87. The van der Waals surface area contributed by atoms with Crippen LogP contribution in [-0.2, 0) is 0 Å². The van der Waals surface area contributed by atoms with E-state index in [0.717, 1.165) is 12.1 Å². The van der Waals surface area contributed by atoms with E-state index in [1.165, 1.54) is 22.1 Å². The topological polar surface area (TPSA) is 37.8 Å². The van der Waals surface area contributed by atoms with E-state index in [-0.39, 0.29) is 6.04 Å². The minimum atomic E-state index is 0.113. The molecule has 21 heavy (non-hydrogen) atoms. The molecular formula is C18H19N3. The summed E-state index contributed by atoms with van der Waals surface area (Å²) in [7, 11) is 0. The van der Waals surface area contributed by atoms with Crippen LogP contribution in [0, 0.1) is 6.92 Å². The van der Waals surface area contributed by atoms with Crippen LogP contribution in [0.4, 0.5) is 0 Å². The average Bonchev–Trinajstić information content (AvgIpc) is 2.53. The number of hydrogen-bond acceptors (Lipinski definition) is 3. The largest absolute Gasteiger partial charge is 0.306 e. The van der Waals surface area contributed by atoms with E-state index in [4.69, 9.17) is 0 Å². The van der Waals surface area contributed by atoms with Crippen LogP contribution in [0.3, 0.4) is 0 Å². The van der Waals surface area contributed by atoms with Crippen LogP contribution >= 0.6 is 0 Å². The van der Waals surface area contributed by atoms with Crippen molar-refractivity contribution >= 4 is 10.9 Å². The fraction of sp³-hybridized carbons (Fsp3) is 0.222. The van der Waals surface area contributed by atoms with Gasteiger partial charge in [-0.1, -0.05) is 31.2 Å². The van der Waals surface area contributed by atoms with Gasteiger partial charge in [0.05, 0.1) is 11.6 Å². The first-order chi connectivity index (χ1) is 10.3. The zero-order valence-electron chi connectivity index (χ0n) is 12.4. The van der Waals surface area contributed by atoms with Crippen LogP contribution in [0.15, 0.2) is 55.0 Å². The van der Waals surface area contributed by atoms with Gasteiger partial charge in [-0.05, 0) is 42.3 Å². The third kappa shape index (κ3) is 2.65. The summed E-state index contributed by atoms with van der Waals surface area (Å²) < 4.78 is 0. The molecule has 0 fully saturated rings. The van der Waals surface area contributed by atoms with Gasteiger partial charge in [-0.15, -0.1) is 0 Å². The summed E-state index contributed by atoms with van der Waals surface area (Å²) in [5.41, 5.74) is 4.70. The molecule has 3 heteroatoms. The molecule has 3 aromatic rings. The van der Waals surface area contributed by atoms with Gasteiger partial charge in [0.2, 0.25) is 0 Å². The lowest BCUT2D eigenvalue weighted by Crippen LogP contribution is -2.23. The summed E-state index contributed by atoms with van der Waals surface area (Å²) in [6.07, 6.45) is 5.64. The Morgan fingerprint density at radius 2 is 1.90 bits per heavy atom. The maximum atomic E-state index is 4.58. The number of nitrogens with one attached hydrogen (secondary N) is 1. The predicted octanol–water partition coefficient (Wildman–Crippen LogP) is 3.64. The van der Waals surface area contributed by atoms with E-state index >= 15 is 0 Å². The third-order valence-electron chi connectivity index (χ3n) is 3.77. The molecular weight excluding hydrogens is 258 g/mol. The van der Waals surface area contributed by atoms with E-state index in [1.54, 1.807) is 0 Å². The maximum Gasteiger partial charge on any atom is 0.0753 e. The Morgan fingerprint density at radius 1 is 1.05 bits per heavy atom. The van der Waals surface area contributed by atoms with Gasteiger partial charge in [0, 0.05) is 24.0 Å². The summed E-state index contributed by atoms with van der Waals surface area (Å²) in [5, 5.41) is 4.73. The predicted molar refractivity (Wildman–Crippen MR) is 86.2 cm³/mol. The SMILES string of the molecule is CCNC(c1cnccc1C)c1cccc2cccnc12. The second-order valence-electron chi connectivity index (χ2n) is 5.15. The van der Waals surface area contributed by atoms with Crippen LogP contribution in [0.1, 0.15) is 29.7 Å². The molecule has 1 aromatic carbocycles. The van der Waals surface area contributed by atoms with E-state index in [1.807, 2.05) is 24.7 Å². The number of nitrogens with zero attached hydrogens (tertiary/aromatic N) is 2. The Labute approximate surface area is 125 Å². The van der Waals surface area contributed by atoms with Gasteiger partial charge in [0.1, 0.15) is 0 Å². The molecule has 1 unspecified atom stereocenters. The van der Waals surface area contributed by atoms with E-state index in [0.29, 0.717) is 0 Å². The first-order valence-corrected chi connectivity index (χ1v) is 7.28. The van der Waals surface area contributed by atoms with Crippen molar-refractivity contribution in [2.24, 2.45) is 0 Å². The zero-order valence-corrected chi connectivity index (χ0v) is 12.4. The second kappa shape index (κ2) is 6.02. The first kappa shape index (κ1) is 13.7. The zero-order chi connectivity index (χ0) is 14.7. The van der Waals surface area contributed by atoms with Crippen molar-refractivity contribution in [2.45, 2.75) is 19.9 Å². The number of aromatic nitrogens is 2. The molecule has 2 aromatic heterocycles. The third-order valence-corrected chi connectivity index (χ3v) is 3.77. The van der Waals surface area contributed by atoms with Gasteiger partial charge < -0.3 is 5.32 Å². The van der Waals surface area contributed by atoms with Crippen LogP contribution in [0.5, 0.6) is 0 Å². The van der Waals surface area contributed by atoms with Crippen molar-refractivity contribution < 1.29 is 0 Å². The van der Waals surface area contributed by atoms with Crippen molar-refractivity contribution in [2.75, 3.05) is 6.54 Å². The highest BCUT2D eigenvalue weighted by Gasteiger charge is 2.18. The van der Waals surface area contributed by atoms with Crippen molar-refractivity contribution in [1.82, 2.24) is 15.3 Å². The van der Waals surface area contributed by atoms with Crippen LogP contribution in [0.25, 0.3) is 10.9 Å². The molecule has 0 saturated heterocycles. The Bertz CT molecular complexity index is 747. The molecule has 106 valence electrons. The van der Waals surface area contributed by atoms with Crippen molar-refractivity contribution in [3.8, 4) is 0 Å². The molecule has 0 radical (unpaired) electrons. The molecule has 0 bridgehead atoms. The molecule has 0 spiro atoms. The van der Waals surface area contributed by atoms with Gasteiger partial charge in [-0.2, -0.15) is 0 Å². The smallest absolute Gasteiger partial charge is 0.0753 e. The second-order valence-corrected chi connectivity index (χ2v) is 5.15. The van der Waals surface area contributed by atoms with Crippen molar-refractivity contribution in [3.63, 3.8) is 0 Å². The summed E-state index contributed by atoms with van der Waals surface area (Å²) in [5.74, 6) is 0. The molecule has 0 aliphatic rings. The Hall–Kier alpha value is -2.26. The van der Waals surface area contributed by atoms with Crippen molar-refractivity contribution in [3.05, 3.63) is 71.7 Å². The number of benzene rings is 1. The van der Waals surface area contributed by atoms with E-state index in [2.05, 4.69) is 59.5 Å². The number of aryl methyl sites for hydroxylation is 1. The van der Waals surface area contributed by atoms with Gasteiger partial charge in [-0.25, -0.2) is 0 Å². The highest BCUT2D eigenvalue weighted by Crippen LogP contribution is 2.28. The summed E-state index contributed by atoms with van der Waals surface area (Å²) >= 11 is 0. The minimum absolute atomic E-state index is 0.113. The molecule has 0 amide bonds. The quantitative estimate of drug-likeness (QED) is 0.791. The normalized spacial score (nSPS) is 12.5. The van der Waals surface area contributed by atoms with Crippen LogP contribution in [0.2, 0.25) is 0 Å². The fourth-order valence-corrected chi connectivity index (χ4v) is 2.73. The van der Waals surface area contributed by atoms with E-state index in [9.17, 15) is 0 Å². The standard InChI is InChI=1S/C18H19N3/c1-3-20-18(16-12-19-11-9-13(16)2)15-8-4-6-14-7-5-10-21-17(14)15/h4-12,18,20H,3H2,1-2H3. The maximum absolute atomic E-state index is 4.58. The summed E-state index contributed by atoms with van der Waals surface area (Å²) in [6, 6.07) is 12.6. The number of rotatable bonds is 4. The molecule has 1 atom stereocenters. The Morgan fingerprint density at radius 3 is 2.71 bits per heavy atom. The monoisotopic (exact) mass is 277 g/mol. The van der Waals surface area contributed by atoms with Crippen molar-refractivity contribution in [1.29, 1.82) is 0 Å². The molecule has 0 aliphatic heterocycles. The molecule has 0 saturated carbocycles. The molecule has 2 heterocycles. The molecule has 3 nitrogen and oxygen atoms in total. The first-order valence-electron chi connectivity index (χ1n) is 7.28. The van der Waals surface area contributed by atoms with Gasteiger partial charge in [0.15, 0.2) is 0 Å². The lowest BCUT2D eigenvalue weighted by Gasteiger charge is -2.21. The number of hydrogen-bond donors (Lipinski definition) is 1. The van der Waals surface area contributed by atoms with Crippen LogP contribution < -0.4 is 5.32 Å². The summed E-state index contributed by atoms with van der Waals surface area (Å²) in [6.45, 7) is 5.14. The van der Waals surface area contributed by atoms with Crippen LogP contribution in [-0.4, -0.2) is 16.5 Å². The van der Waals surface area contributed by atoms with Gasteiger partial charge >= 0.3 is 0 Å². The molecule has 0 aliphatic carbocycles. The Balaban J connectivity index is 2.19. The lowest BCUT2D eigenvalue weighted by molar-refractivity contribution is 0.628. The highest BCUT2D eigenvalue weighted by atomic mass is 14.9. The molecule has 3 rings (SSSR count). The number of para-hydroxylation sites is 1. The highest BCUT2D eigenvalue weighted by molar-refractivity contribution is 5.82. The lowest BCUT2D eigenvalue weighted by atomic mass is 9.94.